The molecule has 2 aromatic carbocycles. The first-order chi connectivity index (χ1) is 34.7. The number of ether oxygens (including phenoxy) is 6. The van der Waals surface area contributed by atoms with Crippen LogP contribution in [0, 0.1) is 0 Å². The van der Waals surface area contributed by atoms with Gasteiger partial charge in [-0.3, -0.25) is 4.90 Å². The van der Waals surface area contributed by atoms with E-state index in [-0.39, 0.29) is 36.7 Å². The van der Waals surface area contributed by atoms with Crippen molar-refractivity contribution < 1.29 is 38.0 Å². The lowest BCUT2D eigenvalue weighted by molar-refractivity contribution is -0.0641. The third-order valence-corrected chi connectivity index (χ3v) is 13.2. The van der Waals surface area contributed by atoms with Gasteiger partial charge < -0.3 is 64.8 Å². The van der Waals surface area contributed by atoms with Crippen LogP contribution in [0.2, 0.25) is 0 Å². The first-order valence-electron chi connectivity index (χ1n) is 24.9. The second kappa shape index (κ2) is 26.0. The first-order valence-corrected chi connectivity index (χ1v) is 26.1. The van der Waals surface area contributed by atoms with Gasteiger partial charge in [-0.15, -0.1) is 0 Å². The topological polar surface area (TPSA) is 211 Å². The molecule has 21 heteroatoms. The fourth-order valence-electron chi connectivity index (χ4n) is 9.07. The minimum Gasteiger partial charge on any atom is -0.377 e. The number of aromatic nitrogens is 4. The largest absolute Gasteiger partial charge is 0.377 e. The molecule has 6 aliphatic heterocycles. The molecule has 2 aromatic heterocycles. The quantitative estimate of drug-likeness (QED) is 0.123. The van der Waals surface area contributed by atoms with Crippen LogP contribution in [0.25, 0.3) is 22.8 Å². The number of hydrogen-bond acceptors (Lipinski definition) is 16. The number of nitrogens with zero attached hydrogens (tertiary/aromatic N) is 7. The molecule has 0 saturated carbocycles. The number of morpholine rings is 2. The molecule has 10 rings (SSSR count). The molecule has 0 bridgehead atoms. The zero-order valence-electron chi connectivity index (χ0n) is 41.3. The van der Waals surface area contributed by atoms with Crippen LogP contribution in [0.5, 0.6) is 0 Å². The molecule has 4 amide bonds. The van der Waals surface area contributed by atoms with Crippen molar-refractivity contribution in [1.29, 1.82) is 0 Å². The number of benzene rings is 2. The van der Waals surface area contributed by atoms with Gasteiger partial charge in [0.1, 0.15) is 11.6 Å². The van der Waals surface area contributed by atoms with Gasteiger partial charge in [0.15, 0.2) is 24.2 Å². The van der Waals surface area contributed by atoms with Crippen LogP contribution in [0.3, 0.4) is 0 Å². The molecule has 0 spiro atoms. The van der Waals surface area contributed by atoms with E-state index in [1.165, 1.54) is 11.1 Å². The number of halogens is 1. The van der Waals surface area contributed by atoms with E-state index < -0.39 is 0 Å². The first kappa shape index (κ1) is 52.2. The summed E-state index contributed by atoms with van der Waals surface area (Å²) < 4.78 is 32.7. The number of rotatable bonds is 11. The van der Waals surface area contributed by atoms with E-state index in [1.54, 1.807) is 0 Å². The molecule has 71 heavy (non-hydrogen) atoms. The third kappa shape index (κ3) is 14.1. The van der Waals surface area contributed by atoms with Gasteiger partial charge in [-0.1, -0.05) is 15.9 Å². The van der Waals surface area contributed by atoms with Crippen molar-refractivity contribution in [2.75, 3.05) is 124 Å². The highest BCUT2D eigenvalue weighted by molar-refractivity contribution is 9.09. The minimum atomic E-state index is -0.218. The average molecular weight is 1050 g/mol. The zero-order chi connectivity index (χ0) is 49.5. The van der Waals surface area contributed by atoms with Gasteiger partial charge in [0.25, 0.3) is 0 Å². The molecule has 20 nitrogen and oxygen atoms in total. The van der Waals surface area contributed by atoms with Crippen molar-refractivity contribution in [2.24, 2.45) is 0 Å². The van der Waals surface area contributed by atoms with Gasteiger partial charge in [-0.2, -0.15) is 0 Å². The Balaban J connectivity index is 0.000000169. The number of anilines is 4. The van der Waals surface area contributed by atoms with Crippen LogP contribution in [0.4, 0.5) is 32.6 Å². The van der Waals surface area contributed by atoms with Gasteiger partial charge >= 0.3 is 12.1 Å². The van der Waals surface area contributed by atoms with Gasteiger partial charge in [0.05, 0.1) is 81.7 Å². The van der Waals surface area contributed by atoms with Gasteiger partial charge in [-0.25, -0.2) is 29.5 Å². The van der Waals surface area contributed by atoms with Crippen molar-refractivity contribution in [3.05, 3.63) is 71.0 Å². The maximum atomic E-state index is 11.8. The Bertz CT molecular complexity index is 2360. The Morgan fingerprint density at radius 2 is 1.14 bits per heavy atom. The summed E-state index contributed by atoms with van der Waals surface area (Å²) in [6.45, 7) is 20.7. The highest BCUT2D eigenvalue weighted by Crippen LogP contribution is 2.33. The minimum absolute atomic E-state index is 0.0139. The molecule has 2 atom stereocenters. The lowest BCUT2D eigenvalue weighted by Crippen LogP contribution is -2.46. The maximum absolute atomic E-state index is 11.8. The summed E-state index contributed by atoms with van der Waals surface area (Å²) in [6.07, 6.45) is 1.67. The lowest BCUT2D eigenvalue weighted by atomic mass is 10.0. The second-order valence-corrected chi connectivity index (χ2v) is 18.5. The molecule has 4 fully saturated rings. The number of hydrogen-bond donors (Lipinski definition) is 5. The van der Waals surface area contributed by atoms with Crippen LogP contribution < -0.4 is 36.4 Å². The summed E-state index contributed by atoms with van der Waals surface area (Å²) in [6, 6.07) is 15.4. The molecule has 4 aromatic rings. The van der Waals surface area contributed by atoms with Gasteiger partial charge in [0.2, 0.25) is 0 Å². The molecule has 0 unspecified atom stereocenters. The molecule has 0 aliphatic carbocycles. The number of amides is 4. The number of alkyl halides is 1. The Hall–Kier alpha value is -5.10. The van der Waals surface area contributed by atoms with E-state index in [2.05, 4.69) is 71.1 Å². The Morgan fingerprint density at radius 1 is 0.648 bits per heavy atom. The normalized spacial score (nSPS) is 20.4. The molecule has 5 N–H and O–H groups in total. The molecule has 0 radical (unpaired) electrons. The van der Waals surface area contributed by atoms with E-state index in [1.807, 2.05) is 62.4 Å². The van der Waals surface area contributed by atoms with Crippen molar-refractivity contribution in [2.45, 2.75) is 78.3 Å². The van der Waals surface area contributed by atoms with Crippen molar-refractivity contribution in [3.63, 3.8) is 0 Å². The van der Waals surface area contributed by atoms with E-state index in [0.717, 1.165) is 129 Å². The summed E-state index contributed by atoms with van der Waals surface area (Å²) >= 11 is 3.23. The summed E-state index contributed by atoms with van der Waals surface area (Å²) in [5, 5.41) is 15.3. The highest BCUT2D eigenvalue weighted by Gasteiger charge is 2.31. The highest BCUT2D eigenvalue weighted by atomic mass is 79.9. The predicted molar refractivity (Wildman–Crippen MR) is 275 cm³/mol. The molecular formula is C50H69BrN12O8. The summed E-state index contributed by atoms with van der Waals surface area (Å²) in [7, 11) is 0. The van der Waals surface area contributed by atoms with Crippen LogP contribution in [0.15, 0.2) is 48.5 Å². The number of carbonyl (C=O) groups is 2. The van der Waals surface area contributed by atoms with Crippen molar-refractivity contribution in [1.82, 2.24) is 40.8 Å². The molecule has 6 aliphatic rings. The van der Waals surface area contributed by atoms with Crippen molar-refractivity contribution in [3.8, 4) is 22.8 Å². The monoisotopic (exact) mass is 1040 g/mol. The molecule has 384 valence electrons. The number of fused-ring (bicyclic) bond motifs is 2. The van der Waals surface area contributed by atoms with E-state index in [0.29, 0.717) is 57.8 Å². The fourth-order valence-corrected chi connectivity index (χ4v) is 9.45. The van der Waals surface area contributed by atoms with Crippen LogP contribution in [0.1, 0.15) is 50.2 Å². The Morgan fingerprint density at radius 3 is 1.62 bits per heavy atom. The second-order valence-electron chi connectivity index (χ2n) is 17.9. The van der Waals surface area contributed by atoms with E-state index in [9.17, 15) is 9.59 Å². The number of nitrogens with one attached hydrogen (secondary N) is 5. The summed E-state index contributed by atoms with van der Waals surface area (Å²) in [5.41, 5.74) is 7.90. The zero-order valence-corrected chi connectivity index (χ0v) is 42.9. The summed E-state index contributed by atoms with van der Waals surface area (Å²) in [5.74, 6) is 3.45. The predicted octanol–water partition coefficient (Wildman–Crippen LogP) is 5.15. The maximum Gasteiger partial charge on any atom is 0.319 e. The summed E-state index contributed by atoms with van der Waals surface area (Å²) in [4.78, 5) is 50.5. The van der Waals surface area contributed by atoms with Crippen LogP contribution >= 0.6 is 15.9 Å². The molecule has 8 heterocycles. The number of urea groups is 2. The fraction of sp³-hybridized carbons (Fsp3) is 0.560. The van der Waals surface area contributed by atoms with Crippen LogP contribution in [-0.4, -0.2) is 166 Å². The third-order valence-electron chi connectivity index (χ3n) is 12.7. The molecule has 4 saturated heterocycles. The Kier molecular flexibility index (Phi) is 19.1. The average Bonchev–Trinajstić information content (AvgIpc) is 4.13. The van der Waals surface area contributed by atoms with Gasteiger partial charge in [0, 0.05) is 86.0 Å². The van der Waals surface area contributed by atoms with Gasteiger partial charge in [-0.05, 0) is 95.6 Å². The van der Waals surface area contributed by atoms with E-state index >= 15 is 0 Å². The molecular weight excluding hydrogens is 977 g/mol. The van der Waals surface area contributed by atoms with Crippen LogP contribution in [-0.2, 0) is 54.4 Å². The lowest BCUT2D eigenvalue weighted by Gasteiger charge is -2.38. The number of carbonyl (C=O) groups excluding carboxylic acids is 2. The SMILES string of the molecule is BrCC1OCCO1.CCNC(=O)Nc1ccc(-c2nc3c(c(N4CCOC[C@@H]4C)n2)CCN(CC2OCCO2)C3)cc1.CCNC(=O)Nc1ccc(-c2nc3c(c(N4CCOC[C@@H]4C)n2)CCNC3)cc1. The van der Waals surface area contributed by atoms with E-state index in [4.69, 9.17) is 48.4 Å². The smallest absolute Gasteiger partial charge is 0.319 e. The Labute approximate surface area is 424 Å². The standard InChI is InChI=1S/C25H34N6O4.C21H28N6O2.C4H7BrO2/c1-3-26-25(32)27-19-6-4-18(5-7-19)23-28-21-14-30(15-22-34-12-13-35-22)9-8-20(21)24(29-23)31-10-11-33-16-17(31)2;1-3-23-21(28)24-16-6-4-15(5-7-16)19-25-18-12-22-9-8-17(18)20(26-19)27-10-11-29-13-14(27)2;5-3-4-6-1-2-7-4/h4-7,17,22H,3,8-16H2,1-2H3,(H2,26,27,32);4-7,14,22H,3,8-13H2,1-2H3,(H2,23,24,28);4H,1-3H2/t17-;14-;/m00./s1. The van der Waals surface area contributed by atoms with Crippen molar-refractivity contribution >= 4 is 51.0 Å².